The number of morpholine rings is 1. The molecule has 3 rings (SSSR count). The summed E-state index contributed by atoms with van der Waals surface area (Å²) in [6.45, 7) is 9.98. The van der Waals surface area contributed by atoms with E-state index in [2.05, 4.69) is 31.0 Å². The Labute approximate surface area is 166 Å². The maximum atomic E-state index is 12.3. The second-order valence-corrected chi connectivity index (χ2v) is 8.05. The topological polar surface area (TPSA) is 63.9 Å². The van der Waals surface area contributed by atoms with Gasteiger partial charge in [0.1, 0.15) is 11.5 Å². The number of hydrogen-bond acceptors (Lipinski definition) is 5. The van der Waals surface area contributed by atoms with Crippen LogP contribution in [0, 0.1) is 0 Å². The van der Waals surface area contributed by atoms with Gasteiger partial charge < -0.3 is 19.2 Å². The lowest BCUT2D eigenvalue weighted by Gasteiger charge is -2.33. The van der Waals surface area contributed by atoms with Gasteiger partial charge in [-0.2, -0.15) is 0 Å². The van der Waals surface area contributed by atoms with Gasteiger partial charge in [0.25, 0.3) is 5.91 Å². The van der Waals surface area contributed by atoms with Crippen molar-refractivity contribution in [1.29, 1.82) is 0 Å². The summed E-state index contributed by atoms with van der Waals surface area (Å²) in [5.41, 5.74) is 1.33. The average molecular weight is 386 g/mol. The van der Waals surface area contributed by atoms with Crippen molar-refractivity contribution in [3.8, 4) is 5.75 Å². The summed E-state index contributed by atoms with van der Waals surface area (Å²) in [5, 5.41) is 2.97. The van der Waals surface area contributed by atoms with E-state index in [9.17, 15) is 4.79 Å². The molecule has 0 spiro atoms. The highest BCUT2D eigenvalue weighted by Gasteiger charge is 2.25. The number of nitrogens with zero attached hydrogens (tertiary/aromatic N) is 1. The number of carbonyl (C=O) groups excluding carboxylic acids is 1. The van der Waals surface area contributed by atoms with Gasteiger partial charge in [0, 0.05) is 19.6 Å². The quantitative estimate of drug-likeness (QED) is 0.792. The summed E-state index contributed by atoms with van der Waals surface area (Å²) in [6.07, 6.45) is 1.66. The van der Waals surface area contributed by atoms with Crippen molar-refractivity contribution in [2.24, 2.45) is 0 Å². The van der Waals surface area contributed by atoms with Gasteiger partial charge >= 0.3 is 0 Å². The van der Waals surface area contributed by atoms with Crippen LogP contribution in [0.2, 0.25) is 0 Å². The molecular weight excluding hydrogens is 356 g/mol. The van der Waals surface area contributed by atoms with E-state index in [4.69, 9.17) is 13.9 Å². The van der Waals surface area contributed by atoms with E-state index < -0.39 is 0 Å². The van der Waals surface area contributed by atoms with Crippen LogP contribution >= 0.6 is 0 Å². The lowest BCUT2D eigenvalue weighted by molar-refractivity contribution is -0.123. The van der Waals surface area contributed by atoms with Crippen LogP contribution in [0.1, 0.15) is 38.1 Å². The number of carbonyl (C=O) groups is 1. The lowest BCUT2D eigenvalue weighted by Crippen LogP contribution is -2.44. The van der Waals surface area contributed by atoms with Gasteiger partial charge in [-0.15, -0.1) is 0 Å². The summed E-state index contributed by atoms with van der Waals surface area (Å²) in [5.74, 6) is 1.39. The van der Waals surface area contributed by atoms with Crippen LogP contribution < -0.4 is 10.1 Å². The van der Waals surface area contributed by atoms with E-state index in [-0.39, 0.29) is 24.0 Å². The fourth-order valence-corrected chi connectivity index (χ4v) is 3.24. The van der Waals surface area contributed by atoms with E-state index in [0.717, 1.165) is 18.8 Å². The van der Waals surface area contributed by atoms with Gasteiger partial charge in [-0.3, -0.25) is 9.69 Å². The van der Waals surface area contributed by atoms with Gasteiger partial charge in [-0.25, -0.2) is 0 Å². The molecule has 1 saturated heterocycles. The number of benzene rings is 1. The molecule has 1 amide bonds. The van der Waals surface area contributed by atoms with E-state index in [1.165, 1.54) is 5.56 Å². The van der Waals surface area contributed by atoms with Crippen molar-refractivity contribution in [1.82, 2.24) is 10.2 Å². The molecule has 2 heterocycles. The fourth-order valence-electron chi connectivity index (χ4n) is 3.24. The van der Waals surface area contributed by atoms with E-state index >= 15 is 0 Å². The van der Waals surface area contributed by atoms with Crippen molar-refractivity contribution in [2.75, 3.05) is 39.5 Å². The maximum absolute atomic E-state index is 12.3. The predicted molar refractivity (Wildman–Crippen MR) is 107 cm³/mol. The lowest BCUT2D eigenvalue weighted by atomic mass is 9.87. The molecule has 1 aromatic heterocycles. The van der Waals surface area contributed by atoms with Crippen LogP contribution in [0.3, 0.4) is 0 Å². The highest BCUT2D eigenvalue weighted by molar-refractivity contribution is 5.77. The molecule has 0 saturated carbocycles. The van der Waals surface area contributed by atoms with Crippen molar-refractivity contribution < 1.29 is 18.7 Å². The minimum atomic E-state index is -0.148. The standard InChI is InChI=1S/C22H30N2O4/c1-22(2,3)17-6-8-18(9-7-17)28-16-21(25)23-15-19(20-5-4-12-27-20)24-10-13-26-14-11-24/h4-9,12,19H,10-11,13-16H2,1-3H3,(H,23,25)/t19-/m0/s1. The third kappa shape index (κ3) is 5.59. The average Bonchev–Trinajstić information content (AvgIpc) is 3.21. The van der Waals surface area contributed by atoms with Gasteiger partial charge in [0.15, 0.2) is 6.61 Å². The molecule has 28 heavy (non-hydrogen) atoms. The smallest absolute Gasteiger partial charge is 0.258 e. The first-order valence-corrected chi connectivity index (χ1v) is 9.79. The zero-order chi connectivity index (χ0) is 20.0. The summed E-state index contributed by atoms with van der Waals surface area (Å²) in [6, 6.07) is 11.7. The number of ether oxygens (including phenoxy) is 2. The number of rotatable bonds is 7. The van der Waals surface area contributed by atoms with Gasteiger partial charge in [0.05, 0.1) is 25.5 Å². The zero-order valence-electron chi connectivity index (χ0n) is 16.9. The number of hydrogen-bond donors (Lipinski definition) is 1. The minimum absolute atomic E-state index is 0.00563. The molecule has 6 nitrogen and oxygen atoms in total. The van der Waals surface area contributed by atoms with E-state index in [0.29, 0.717) is 25.5 Å². The first-order chi connectivity index (χ1) is 13.4. The Morgan fingerprint density at radius 2 is 1.89 bits per heavy atom. The molecular formula is C22H30N2O4. The summed E-state index contributed by atoms with van der Waals surface area (Å²) in [4.78, 5) is 14.6. The van der Waals surface area contributed by atoms with Crippen molar-refractivity contribution in [3.05, 3.63) is 54.0 Å². The van der Waals surface area contributed by atoms with E-state index in [1.807, 2.05) is 36.4 Å². The minimum Gasteiger partial charge on any atom is -0.484 e. The van der Waals surface area contributed by atoms with Crippen LogP contribution in [-0.4, -0.2) is 50.3 Å². The molecule has 0 unspecified atom stereocenters. The van der Waals surface area contributed by atoms with Gasteiger partial charge in [0.2, 0.25) is 0 Å². The van der Waals surface area contributed by atoms with Gasteiger partial charge in [-0.1, -0.05) is 32.9 Å². The second kappa shape index (κ2) is 9.26. The second-order valence-electron chi connectivity index (χ2n) is 8.05. The molecule has 1 aliphatic heterocycles. The first-order valence-electron chi connectivity index (χ1n) is 9.79. The Morgan fingerprint density at radius 3 is 2.50 bits per heavy atom. The Morgan fingerprint density at radius 1 is 1.18 bits per heavy atom. The summed E-state index contributed by atoms with van der Waals surface area (Å²) in [7, 11) is 0. The van der Waals surface area contributed by atoms with Gasteiger partial charge in [-0.05, 0) is 35.2 Å². The van der Waals surface area contributed by atoms with Crippen LogP contribution in [0.4, 0.5) is 0 Å². The maximum Gasteiger partial charge on any atom is 0.258 e. The Bertz CT molecular complexity index is 729. The molecule has 0 bridgehead atoms. The van der Waals surface area contributed by atoms with Crippen LogP contribution in [0.25, 0.3) is 0 Å². The number of nitrogens with one attached hydrogen (secondary N) is 1. The van der Waals surface area contributed by atoms with Crippen LogP contribution in [0.5, 0.6) is 5.75 Å². The molecule has 1 aliphatic rings. The zero-order valence-corrected chi connectivity index (χ0v) is 16.9. The highest BCUT2D eigenvalue weighted by atomic mass is 16.5. The molecule has 1 fully saturated rings. The molecule has 2 aromatic rings. The first kappa shape index (κ1) is 20.4. The largest absolute Gasteiger partial charge is 0.484 e. The molecule has 0 aliphatic carbocycles. The Hall–Kier alpha value is -2.31. The van der Waals surface area contributed by atoms with Crippen molar-refractivity contribution in [2.45, 2.75) is 32.2 Å². The summed E-state index contributed by atoms with van der Waals surface area (Å²) < 4.78 is 16.6. The third-order valence-electron chi connectivity index (χ3n) is 4.94. The van der Waals surface area contributed by atoms with Crippen LogP contribution in [0.15, 0.2) is 47.1 Å². The highest BCUT2D eigenvalue weighted by Crippen LogP contribution is 2.24. The molecule has 0 radical (unpaired) electrons. The van der Waals surface area contributed by atoms with Crippen molar-refractivity contribution in [3.63, 3.8) is 0 Å². The summed E-state index contributed by atoms with van der Waals surface area (Å²) >= 11 is 0. The normalized spacial score (nSPS) is 16.5. The Kier molecular flexibility index (Phi) is 6.75. The predicted octanol–water partition coefficient (Wildman–Crippen LogP) is 3.15. The molecule has 1 atom stereocenters. The molecule has 1 aromatic carbocycles. The Balaban J connectivity index is 1.50. The third-order valence-corrected chi connectivity index (χ3v) is 4.94. The van der Waals surface area contributed by atoms with Crippen molar-refractivity contribution >= 4 is 5.91 Å². The molecule has 6 heteroatoms. The van der Waals surface area contributed by atoms with Crippen LogP contribution in [-0.2, 0) is 14.9 Å². The number of furan rings is 1. The molecule has 1 N–H and O–H groups in total. The fraction of sp³-hybridized carbons (Fsp3) is 0.500. The monoisotopic (exact) mass is 386 g/mol. The van der Waals surface area contributed by atoms with E-state index in [1.54, 1.807) is 6.26 Å². The number of amides is 1. The molecule has 152 valence electrons. The SMILES string of the molecule is CC(C)(C)c1ccc(OCC(=O)NC[C@@H](c2ccco2)N2CCOCC2)cc1.